The van der Waals surface area contributed by atoms with Gasteiger partial charge in [-0.05, 0) is 24.6 Å². The minimum atomic E-state index is -1.14. The van der Waals surface area contributed by atoms with Gasteiger partial charge in [0, 0.05) is 0 Å². The number of esters is 1. The van der Waals surface area contributed by atoms with Crippen LogP contribution in [0.4, 0.5) is 0 Å². The molecule has 1 aliphatic heterocycles. The van der Waals surface area contributed by atoms with Gasteiger partial charge in [-0.1, -0.05) is 18.2 Å². The van der Waals surface area contributed by atoms with Crippen molar-refractivity contribution in [1.29, 1.82) is 0 Å². The van der Waals surface area contributed by atoms with Crippen molar-refractivity contribution in [2.24, 2.45) is 0 Å². The highest BCUT2D eigenvalue weighted by molar-refractivity contribution is 6.26. The van der Waals surface area contributed by atoms with Crippen molar-refractivity contribution >= 4 is 17.6 Å². The van der Waals surface area contributed by atoms with Crippen LogP contribution in [0.1, 0.15) is 12.5 Å². The van der Waals surface area contributed by atoms with E-state index in [0.29, 0.717) is 0 Å². The number of hydrogen-bond acceptors (Lipinski definition) is 7. The smallest absolute Gasteiger partial charge is 0.321 e. The number of benzene rings is 1. The van der Waals surface area contributed by atoms with Gasteiger partial charge in [0.15, 0.2) is 12.4 Å². The van der Waals surface area contributed by atoms with E-state index in [2.05, 4.69) is 6.58 Å². The van der Waals surface area contributed by atoms with E-state index >= 15 is 0 Å². The third-order valence-electron chi connectivity index (χ3n) is 4.11. The lowest BCUT2D eigenvalue weighted by Gasteiger charge is -2.42. The van der Waals surface area contributed by atoms with Crippen molar-refractivity contribution in [3.8, 4) is 5.75 Å². The zero-order chi connectivity index (χ0) is 19.8. The maximum Gasteiger partial charge on any atom is 0.321 e. The Hall–Kier alpha value is -1.64. The largest absolute Gasteiger partial charge is 0.497 e. The fourth-order valence-electron chi connectivity index (χ4n) is 2.75. The summed E-state index contributed by atoms with van der Waals surface area (Å²) in [6.45, 7) is 5.75. The van der Waals surface area contributed by atoms with Crippen molar-refractivity contribution in [3.05, 3.63) is 42.5 Å². The van der Waals surface area contributed by atoms with Crippen LogP contribution in [0.5, 0.6) is 5.75 Å². The van der Waals surface area contributed by atoms with E-state index in [4.69, 9.17) is 35.3 Å². The number of halogens is 1. The topological polar surface area (TPSA) is 83.5 Å². The molecule has 1 heterocycles. The minimum Gasteiger partial charge on any atom is -0.497 e. The van der Waals surface area contributed by atoms with Gasteiger partial charge in [0.25, 0.3) is 0 Å². The number of aliphatic hydroxyl groups excluding tert-OH is 1. The monoisotopic (exact) mass is 400 g/mol. The van der Waals surface area contributed by atoms with Crippen LogP contribution in [0.3, 0.4) is 0 Å². The van der Waals surface area contributed by atoms with E-state index in [1.165, 1.54) is 6.08 Å². The Kier molecular flexibility index (Phi) is 8.53. The van der Waals surface area contributed by atoms with Crippen LogP contribution in [0.15, 0.2) is 36.9 Å². The molecule has 1 aromatic rings. The van der Waals surface area contributed by atoms with Crippen LogP contribution in [0.25, 0.3) is 0 Å². The quantitative estimate of drug-likeness (QED) is 0.386. The summed E-state index contributed by atoms with van der Waals surface area (Å²) >= 11 is 5.51. The molecule has 7 nitrogen and oxygen atoms in total. The van der Waals surface area contributed by atoms with Crippen molar-refractivity contribution in [3.63, 3.8) is 0 Å². The van der Waals surface area contributed by atoms with Crippen molar-refractivity contribution in [1.82, 2.24) is 0 Å². The molecule has 2 rings (SSSR count). The first kappa shape index (κ1) is 21.7. The second kappa shape index (κ2) is 10.6. The molecule has 5 atom stereocenters. The molecule has 1 N–H and O–H groups in total. The Morgan fingerprint density at radius 2 is 2.00 bits per heavy atom. The van der Waals surface area contributed by atoms with Crippen LogP contribution < -0.4 is 4.74 Å². The first-order valence-electron chi connectivity index (χ1n) is 8.56. The maximum atomic E-state index is 11.6. The van der Waals surface area contributed by atoms with Crippen LogP contribution in [-0.2, 0) is 30.3 Å². The van der Waals surface area contributed by atoms with E-state index in [-0.39, 0.29) is 19.1 Å². The highest BCUT2D eigenvalue weighted by Gasteiger charge is 2.47. The number of alkyl halides is 1. The lowest BCUT2D eigenvalue weighted by molar-refractivity contribution is -0.301. The molecule has 0 amide bonds. The fourth-order valence-corrected chi connectivity index (χ4v) is 2.81. The summed E-state index contributed by atoms with van der Waals surface area (Å²) < 4.78 is 27.4. The third-order valence-corrected chi connectivity index (χ3v) is 4.33. The molecule has 1 fully saturated rings. The molecular weight excluding hydrogens is 376 g/mol. The summed E-state index contributed by atoms with van der Waals surface area (Å²) in [6, 6.07) is 7.36. The fraction of sp³-hybridized carbons (Fsp3) is 0.526. The Morgan fingerprint density at radius 3 is 2.59 bits per heavy atom. The normalized spacial score (nSPS) is 27.8. The Labute approximate surface area is 163 Å². The van der Waals surface area contributed by atoms with Gasteiger partial charge < -0.3 is 28.8 Å². The molecular formula is C19H25ClO7. The highest BCUT2D eigenvalue weighted by Crippen LogP contribution is 2.27. The zero-order valence-corrected chi connectivity index (χ0v) is 16.1. The lowest BCUT2D eigenvalue weighted by atomic mass is 9.99. The molecule has 1 aliphatic rings. The number of carbonyl (C=O) groups is 1. The number of methoxy groups -OCH3 is 1. The summed E-state index contributed by atoms with van der Waals surface area (Å²) in [4.78, 5) is 11.6. The van der Waals surface area contributed by atoms with E-state index in [1.54, 1.807) is 14.0 Å². The molecule has 8 heteroatoms. The first-order valence-corrected chi connectivity index (χ1v) is 9.09. The van der Waals surface area contributed by atoms with E-state index < -0.39 is 36.7 Å². The van der Waals surface area contributed by atoms with Crippen molar-refractivity contribution in [2.75, 3.05) is 19.6 Å². The van der Waals surface area contributed by atoms with Crippen LogP contribution in [0, 0.1) is 0 Å². The molecule has 0 radical (unpaired) electrons. The predicted molar refractivity (Wildman–Crippen MR) is 98.7 cm³/mol. The number of aliphatic hydroxyl groups is 1. The Morgan fingerprint density at radius 1 is 1.30 bits per heavy atom. The van der Waals surface area contributed by atoms with Gasteiger partial charge in [-0.25, -0.2) is 0 Å². The van der Waals surface area contributed by atoms with Gasteiger partial charge >= 0.3 is 5.97 Å². The van der Waals surface area contributed by atoms with E-state index in [0.717, 1.165) is 11.3 Å². The molecule has 1 saturated heterocycles. The van der Waals surface area contributed by atoms with Crippen LogP contribution >= 0.6 is 11.6 Å². The van der Waals surface area contributed by atoms with Crippen LogP contribution in [0.2, 0.25) is 0 Å². The summed E-state index contributed by atoms with van der Waals surface area (Å²) in [5, 5.41) is 10.7. The molecule has 27 heavy (non-hydrogen) atoms. The average molecular weight is 401 g/mol. The predicted octanol–water partition coefficient (Wildman–Crippen LogP) is 2.04. The summed E-state index contributed by atoms with van der Waals surface area (Å²) in [6.07, 6.45) is -2.82. The molecule has 0 bridgehead atoms. The van der Waals surface area contributed by atoms with Gasteiger partial charge in [-0.3, -0.25) is 4.79 Å². The van der Waals surface area contributed by atoms with Crippen LogP contribution in [-0.4, -0.2) is 61.4 Å². The van der Waals surface area contributed by atoms with Gasteiger partial charge in [0.1, 0.15) is 23.8 Å². The zero-order valence-electron chi connectivity index (χ0n) is 15.4. The van der Waals surface area contributed by atoms with Gasteiger partial charge in [0.2, 0.25) is 0 Å². The first-order chi connectivity index (χ1) is 13.0. The summed E-state index contributed by atoms with van der Waals surface area (Å²) in [7, 11) is 1.59. The molecule has 0 saturated carbocycles. The minimum absolute atomic E-state index is 0.177. The second-order valence-corrected chi connectivity index (χ2v) is 6.30. The number of ether oxygens (including phenoxy) is 5. The standard InChI is InChI=1S/C19H25ClO7/c1-4-9-24-19-18(27-15(21)10-20)16(22)17(12(2)26-19)25-11-13-5-7-14(23-3)8-6-13/h4-8,12,16-19,22H,1,9-11H2,2-3H3/t12-,16+,17-,18+,19+/m0/s1. The molecule has 0 aromatic heterocycles. The molecule has 1 aromatic carbocycles. The Bertz CT molecular complexity index is 607. The average Bonchev–Trinajstić information content (AvgIpc) is 2.68. The van der Waals surface area contributed by atoms with E-state index in [9.17, 15) is 9.90 Å². The van der Waals surface area contributed by atoms with Crippen molar-refractivity contribution < 1.29 is 33.6 Å². The number of hydrogen-bond donors (Lipinski definition) is 1. The number of carbonyl (C=O) groups excluding carboxylic acids is 1. The lowest BCUT2D eigenvalue weighted by Crippen LogP contribution is -2.59. The Balaban J connectivity index is 2.05. The van der Waals surface area contributed by atoms with Gasteiger partial charge in [-0.15, -0.1) is 18.2 Å². The third kappa shape index (κ3) is 5.92. The van der Waals surface area contributed by atoms with Crippen molar-refractivity contribution in [2.45, 2.75) is 44.2 Å². The maximum absolute atomic E-state index is 11.6. The van der Waals surface area contributed by atoms with E-state index in [1.807, 2.05) is 24.3 Å². The molecule has 0 unspecified atom stereocenters. The second-order valence-electron chi connectivity index (χ2n) is 6.03. The van der Waals surface area contributed by atoms with Gasteiger partial charge in [-0.2, -0.15) is 0 Å². The number of rotatable bonds is 9. The summed E-state index contributed by atoms with van der Waals surface area (Å²) in [5.74, 6) is -0.284. The molecule has 150 valence electrons. The summed E-state index contributed by atoms with van der Waals surface area (Å²) in [5.41, 5.74) is 0.898. The molecule has 0 aliphatic carbocycles. The highest BCUT2D eigenvalue weighted by atomic mass is 35.5. The van der Waals surface area contributed by atoms with Gasteiger partial charge in [0.05, 0.1) is 26.4 Å². The SMILES string of the molecule is C=CCO[C@@H]1O[C@@H](C)[C@H](OCc2ccc(OC)cc2)[C@@H](O)[C@H]1OC(=O)CCl. The molecule has 0 spiro atoms.